The van der Waals surface area contributed by atoms with Crippen LogP contribution in [0.15, 0.2) is 0 Å². The minimum Gasteiger partial charge on any atom is -0.155 e. The van der Waals surface area contributed by atoms with Crippen LogP contribution in [0.1, 0.15) is 78.1 Å². The zero-order chi connectivity index (χ0) is 12.1. The number of hydrogen-bond acceptors (Lipinski definition) is 1. The fraction of sp³-hybridized carbons (Fsp3) is 1.00. The molecule has 0 heterocycles. The number of hydrogen-bond donors (Lipinski definition) is 0. The van der Waals surface area contributed by atoms with Crippen molar-refractivity contribution in [2.45, 2.75) is 88.6 Å². The first-order chi connectivity index (χ1) is 8.35. The highest BCUT2D eigenvalue weighted by Crippen LogP contribution is 2.49. The maximum Gasteiger partial charge on any atom is 0.00782 e. The van der Waals surface area contributed by atoms with Crippen molar-refractivity contribution in [2.75, 3.05) is 0 Å². The Kier molecular flexibility index (Phi) is 5.72. The topological polar surface area (TPSA) is 0 Å². The Balaban J connectivity index is 1.76. The Labute approximate surface area is 112 Å². The first-order valence-electron chi connectivity index (χ1n) is 8.00. The van der Waals surface area contributed by atoms with Gasteiger partial charge in [0.2, 0.25) is 0 Å². The van der Waals surface area contributed by atoms with Gasteiger partial charge in [-0.1, -0.05) is 39.5 Å². The molecule has 2 fully saturated rings. The molecule has 0 saturated heterocycles. The van der Waals surface area contributed by atoms with Gasteiger partial charge >= 0.3 is 0 Å². The van der Waals surface area contributed by atoms with Crippen LogP contribution in [0.2, 0.25) is 0 Å². The predicted octanol–water partition coefficient (Wildman–Crippen LogP) is 5.66. The SMILES string of the molecule is CCCCC(SC(CCCC)C1CC1)C1CC1. The summed E-state index contributed by atoms with van der Waals surface area (Å²) in [5, 5.41) is 2.05. The summed E-state index contributed by atoms with van der Waals surface area (Å²) in [6.07, 6.45) is 14.8. The van der Waals surface area contributed by atoms with Gasteiger partial charge in [-0.2, -0.15) is 11.8 Å². The monoisotopic (exact) mass is 254 g/mol. The number of rotatable bonds is 10. The lowest BCUT2D eigenvalue weighted by Crippen LogP contribution is -2.15. The first-order valence-corrected chi connectivity index (χ1v) is 8.94. The molecule has 0 spiro atoms. The smallest absolute Gasteiger partial charge is 0.00782 e. The second-order valence-electron chi connectivity index (χ2n) is 6.17. The van der Waals surface area contributed by atoms with Crippen LogP contribution in [0.25, 0.3) is 0 Å². The van der Waals surface area contributed by atoms with Gasteiger partial charge in [-0.15, -0.1) is 0 Å². The van der Waals surface area contributed by atoms with Crippen LogP contribution in [0.5, 0.6) is 0 Å². The zero-order valence-corrected chi connectivity index (χ0v) is 12.6. The molecule has 0 amide bonds. The van der Waals surface area contributed by atoms with Crippen molar-refractivity contribution >= 4 is 11.8 Å². The molecule has 0 aromatic heterocycles. The van der Waals surface area contributed by atoms with Crippen LogP contribution in [0, 0.1) is 11.8 Å². The summed E-state index contributed by atoms with van der Waals surface area (Å²) < 4.78 is 0. The van der Waals surface area contributed by atoms with E-state index in [0.29, 0.717) is 0 Å². The van der Waals surface area contributed by atoms with Crippen LogP contribution >= 0.6 is 11.8 Å². The summed E-state index contributed by atoms with van der Waals surface area (Å²) in [6, 6.07) is 0. The van der Waals surface area contributed by atoms with Crippen LogP contribution in [0.3, 0.4) is 0 Å². The van der Waals surface area contributed by atoms with Crippen LogP contribution in [0.4, 0.5) is 0 Å². The molecule has 0 N–H and O–H groups in total. The number of unbranched alkanes of at least 4 members (excludes halogenated alkanes) is 2. The quantitative estimate of drug-likeness (QED) is 0.485. The molecule has 2 unspecified atom stereocenters. The van der Waals surface area contributed by atoms with E-state index in [0.717, 1.165) is 22.3 Å². The molecule has 2 atom stereocenters. The molecule has 1 heteroatoms. The highest BCUT2D eigenvalue weighted by atomic mass is 32.2. The molecule has 2 rings (SSSR count). The Bertz CT molecular complexity index is 184. The van der Waals surface area contributed by atoms with E-state index in [1.807, 2.05) is 0 Å². The molecule has 0 aromatic rings. The Morgan fingerprint density at radius 2 is 1.24 bits per heavy atom. The molecular formula is C16H30S. The van der Waals surface area contributed by atoms with E-state index in [1.54, 1.807) is 0 Å². The largest absolute Gasteiger partial charge is 0.155 e. The van der Waals surface area contributed by atoms with E-state index in [-0.39, 0.29) is 0 Å². The van der Waals surface area contributed by atoms with E-state index < -0.39 is 0 Å². The molecule has 17 heavy (non-hydrogen) atoms. The Morgan fingerprint density at radius 1 is 0.824 bits per heavy atom. The average Bonchev–Trinajstić information content (AvgIpc) is 3.18. The molecule has 0 radical (unpaired) electrons. The maximum absolute atomic E-state index is 2.41. The third-order valence-electron chi connectivity index (χ3n) is 4.33. The van der Waals surface area contributed by atoms with Gasteiger partial charge in [0.25, 0.3) is 0 Å². The molecule has 100 valence electrons. The maximum atomic E-state index is 2.41. The van der Waals surface area contributed by atoms with Crippen LogP contribution in [-0.4, -0.2) is 10.5 Å². The van der Waals surface area contributed by atoms with Gasteiger partial charge in [0.15, 0.2) is 0 Å². The minimum absolute atomic E-state index is 1.03. The standard InChI is InChI=1S/C16H30S/c1-3-5-7-15(13-9-10-13)17-16(8-6-4-2)14-11-12-14/h13-16H,3-12H2,1-2H3. The summed E-state index contributed by atoms with van der Waals surface area (Å²) in [7, 11) is 0. The third kappa shape index (κ3) is 4.85. The van der Waals surface area contributed by atoms with Gasteiger partial charge in [-0.3, -0.25) is 0 Å². The van der Waals surface area contributed by atoms with Crippen molar-refractivity contribution in [2.24, 2.45) is 11.8 Å². The van der Waals surface area contributed by atoms with Crippen molar-refractivity contribution in [3.05, 3.63) is 0 Å². The van der Waals surface area contributed by atoms with Gasteiger partial charge in [-0.25, -0.2) is 0 Å². The van der Waals surface area contributed by atoms with Crippen molar-refractivity contribution in [1.29, 1.82) is 0 Å². The highest BCUT2D eigenvalue weighted by Gasteiger charge is 2.37. The average molecular weight is 254 g/mol. The molecule has 2 aliphatic carbocycles. The summed E-state index contributed by atoms with van der Waals surface area (Å²) in [6.45, 7) is 4.67. The molecule has 0 bridgehead atoms. The van der Waals surface area contributed by atoms with Gasteiger partial charge in [0.05, 0.1) is 0 Å². The normalized spacial score (nSPS) is 23.6. The Morgan fingerprint density at radius 3 is 1.53 bits per heavy atom. The van der Waals surface area contributed by atoms with Crippen molar-refractivity contribution < 1.29 is 0 Å². The minimum atomic E-state index is 1.03. The van der Waals surface area contributed by atoms with Crippen molar-refractivity contribution in [3.63, 3.8) is 0 Å². The number of thioether (sulfide) groups is 1. The van der Waals surface area contributed by atoms with E-state index in [2.05, 4.69) is 25.6 Å². The van der Waals surface area contributed by atoms with Crippen molar-refractivity contribution in [1.82, 2.24) is 0 Å². The van der Waals surface area contributed by atoms with Gasteiger partial charge in [-0.05, 0) is 50.4 Å². The lowest BCUT2D eigenvalue weighted by atomic mass is 10.1. The zero-order valence-electron chi connectivity index (χ0n) is 11.8. The summed E-state index contributed by atoms with van der Waals surface area (Å²) in [5.74, 6) is 2.21. The first kappa shape index (κ1) is 13.8. The fourth-order valence-electron chi connectivity index (χ4n) is 2.80. The van der Waals surface area contributed by atoms with Crippen molar-refractivity contribution in [3.8, 4) is 0 Å². The predicted molar refractivity (Wildman–Crippen MR) is 79.7 cm³/mol. The van der Waals surface area contributed by atoms with Crippen LogP contribution < -0.4 is 0 Å². The van der Waals surface area contributed by atoms with E-state index in [1.165, 1.54) is 64.2 Å². The lowest BCUT2D eigenvalue weighted by Gasteiger charge is -2.23. The molecule has 0 aromatic carbocycles. The third-order valence-corrected chi connectivity index (χ3v) is 6.27. The molecule has 2 saturated carbocycles. The molecule has 0 aliphatic heterocycles. The summed E-state index contributed by atoms with van der Waals surface area (Å²) >= 11 is 2.41. The Hall–Kier alpha value is 0.350. The second-order valence-corrected chi connectivity index (χ2v) is 7.66. The molecule has 2 aliphatic rings. The van der Waals surface area contributed by atoms with Gasteiger partial charge in [0, 0.05) is 10.5 Å². The second kappa shape index (κ2) is 7.07. The lowest BCUT2D eigenvalue weighted by molar-refractivity contribution is 0.606. The summed E-state index contributed by atoms with van der Waals surface area (Å²) in [4.78, 5) is 0. The van der Waals surface area contributed by atoms with E-state index >= 15 is 0 Å². The van der Waals surface area contributed by atoms with Crippen LogP contribution in [-0.2, 0) is 0 Å². The van der Waals surface area contributed by atoms with E-state index in [9.17, 15) is 0 Å². The fourth-order valence-corrected chi connectivity index (χ4v) is 4.84. The highest BCUT2D eigenvalue weighted by molar-refractivity contribution is 8.00. The molecular weight excluding hydrogens is 224 g/mol. The summed E-state index contributed by atoms with van der Waals surface area (Å²) in [5.41, 5.74) is 0. The van der Waals surface area contributed by atoms with Gasteiger partial charge < -0.3 is 0 Å². The van der Waals surface area contributed by atoms with E-state index in [4.69, 9.17) is 0 Å². The molecule has 0 nitrogen and oxygen atoms in total. The van der Waals surface area contributed by atoms with Gasteiger partial charge in [0.1, 0.15) is 0 Å².